The fourth-order valence-corrected chi connectivity index (χ4v) is 3.25. The molecule has 0 amide bonds. The molecular formula is C14H27NO. The fourth-order valence-electron chi connectivity index (χ4n) is 3.25. The SMILES string of the molecule is CC(CN)CCC1CCC2(CCCCC2)O1. The van der Waals surface area contributed by atoms with Crippen molar-refractivity contribution in [1.29, 1.82) is 0 Å². The quantitative estimate of drug-likeness (QED) is 0.797. The first-order chi connectivity index (χ1) is 7.74. The van der Waals surface area contributed by atoms with Crippen LogP contribution in [0.4, 0.5) is 0 Å². The van der Waals surface area contributed by atoms with Crippen LogP contribution >= 0.6 is 0 Å². The Bertz CT molecular complexity index is 211. The Morgan fingerprint density at radius 2 is 2.00 bits per heavy atom. The van der Waals surface area contributed by atoms with E-state index < -0.39 is 0 Å². The summed E-state index contributed by atoms with van der Waals surface area (Å²) < 4.78 is 6.34. The molecule has 0 radical (unpaired) electrons. The van der Waals surface area contributed by atoms with Crippen LogP contribution in [0.1, 0.15) is 64.7 Å². The lowest BCUT2D eigenvalue weighted by molar-refractivity contribution is -0.0667. The van der Waals surface area contributed by atoms with Crippen molar-refractivity contribution < 1.29 is 4.74 Å². The molecule has 1 aliphatic carbocycles. The molecule has 0 bridgehead atoms. The molecule has 2 N–H and O–H groups in total. The van der Waals surface area contributed by atoms with Crippen LogP contribution in [0.5, 0.6) is 0 Å². The lowest BCUT2D eigenvalue weighted by Crippen LogP contribution is -2.31. The lowest BCUT2D eigenvalue weighted by atomic mass is 9.83. The van der Waals surface area contributed by atoms with E-state index in [9.17, 15) is 0 Å². The topological polar surface area (TPSA) is 35.2 Å². The summed E-state index contributed by atoms with van der Waals surface area (Å²) in [6, 6.07) is 0. The first kappa shape index (κ1) is 12.4. The molecule has 0 aromatic rings. The summed E-state index contributed by atoms with van der Waals surface area (Å²) in [5, 5.41) is 0. The summed E-state index contributed by atoms with van der Waals surface area (Å²) in [6.45, 7) is 3.06. The van der Waals surface area contributed by atoms with Gasteiger partial charge in [-0.3, -0.25) is 0 Å². The molecule has 2 atom stereocenters. The average Bonchev–Trinajstić information content (AvgIpc) is 2.70. The number of hydrogen-bond acceptors (Lipinski definition) is 2. The monoisotopic (exact) mass is 225 g/mol. The molecule has 2 unspecified atom stereocenters. The Kier molecular flexibility index (Phi) is 4.26. The Morgan fingerprint density at radius 3 is 2.69 bits per heavy atom. The van der Waals surface area contributed by atoms with E-state index in [1.54, 1.807) is 0 Å². The van der Waals surface area contributed by atoms with Gasteiger partial charge >= 0.3 is 0 Å². The van der Waals surface area contributed by atoms with Crippen LogP contribution in [-0.4, -0.2) is 18.2 Å². The van der Waals surface area contributed by atoms with Crippen LogP contribution in [0.3, 0.4) is 0 Å². The average molecular weight is 225 g/mol. The second-order valence-corrected chi connectivity index (χ2v) is 5.94. The van der Waals surface area contributed by atoms with E-state index in [0.717, 1.165) is 6.54 Å². The van der Waals surface area contributed by atoms with Gasteiger partial charge in [-0.05, 0) is 51.0 Å². The first-order valence-electron chi connectivity index (χ1n) is 7.12. The van der Waals surface area contributed by atoms with Crippen LogP contribution in [0.25, 0.3) is 0 Å². The molecule has 1 saturated carbocycles. The largest absolute Gasteiger partial charge is 0.372 e. The van der Waals surface area contributed by atoms with E-state index in [-0.39, 0.29) is 0 Å². The van der Waals surface area contributed by atoms with Gasteiger partial charge in [-0.25, -0.2) is 0 Å². The van der Waals surface area contributed by atoms with E-state index in [1.807, 2.05) is 0 Å². The lowest BCUT2D eigenvalue weighted by Gasteiger charge is -2.33. The molecule has 1 aliphatic heterocycles. The summed E-state index contributed by atoms with van der Waals surface area (Å²) in [5.74, 6) is 0.659. The van der Waals surface area contributed by atoms with Gasteiger partial charge in [0.1, 0.15) is 0 Å². The summed E-state index contributed by atoms with van der Waals surface area (Å²) in [7, 11) is 0. The maximum Gasteiger partial charge on any atom is 0.0687 e. The molecule has 2 aliphatic rings. The molecule has 0 aromatic heterocycles. The third kappa shape index (κ3) is 2.98. The van der Waals surface area contributed by atoms with Gasteiger partial charge < -0.3 is 10.5 Å². The molecule has 16 heavy (non-hydrogen) atoms. The van der Waals surface area contributed by atoms with Gasteiger partial charge in [0.15, 0.2) is 0 Å². The molecular weight excluding hydrogens is 198 g/mol. The number of nitrogens with two attached hydrogens (primary N) is 1. The zero-order valence-electron chi connectivity index (χ0n) is 10.7. The second-order valence-electron chi connectivity index (χ2n) is 5.94. The van der Waals surface area contributed by atoms with Crippen LogP contribution < -0.4 is 5.73 Å². The maximum atomic E-state index is 6.34. The van der Waals surface area contributed by atoms with Crippen molar-refractivity contribution in [2.45, 2.75) is 76.4 Å². The molecule has 2 rings (SSSR count). The molecule has 0 aromatic carbocycles. The summed E-state index contributed by atoms with van der Waals surface area (Å²) >= 11 is 0. The van der Waals surface area contributed by atoms with Crippen molar-refractivity contribution in [3.63, 3.8) is 0 Å². The zero-order chi connectivity index (χ0) is 11.4. The first-order valence-corrected chi connectivity index (χ1v) is 7.12. The predicted molar refractivity (Wildman–Crippen MR) is 67.4 cm³/mol. The highest BCUT2D eigenvalue weighted by atomic mass is 16.5. The highest BCUT2D eigenvalue weighted by molar-refractivity contribution is 4.91. The van der Waals surface area contributed by atoms with Gasteiger partial charge in [0.25, 0.3) is 0 Å². The number of rotatable bonds is 4. The van der Waals surface area contributed by atoms with E-state index in [0.29, 0.717) is 17.6 Å². The van der Waals surface area contributed by atoms with Crippen molar-refractivity contribution >= 4 is 0 Å². The number of ether oxygens (including phenoxy) is 1. The van der Waals surface area contributed by atoms with Gasteiger partial charge in [0, 0.05) is 0 Å². The zero-order valence-corrected chi connectivity index (χ0v) is 10.7. The minimum atomic E-state index is 0.300. The highest BCUT2D eigenvalue weighted by Crippen LogP contribution is 2.42. The van der Waals surface area contributed by atoms with Crippen molar-refractivity contribution in [3.05, 3.63) is 0 Å². The van der Waals surface area contributed by atoms with Crippen LogP contribution in [-0.2, 0) is 4.74 Å². The van der Waals surface area contributed by atoms with Gasteiger partial charge in [0.2, 0.25) is 0 Å². The highest BCUT2D eigenvalue weighted by Gasteiger charge is 2.40. The molecule has 2 heteroatoms. The Balaban J connectivity index is 1.74. The van der Waals surface area contributed by atoms with Crippen molar-refractivity contribution in [2.75, 3.05) is 6.54 Å². The maximum absolute atomic E-state index is 6.34. The van der Waals surface area contributed by atoms with Crippen molar-refractivity contribution in [2.24, 2.45) is 11.7 Å². The van der Waals surface area contributed by atoms with Gasteiger partial charge in [-0.2, -0.15) is 0 Å². The Morgan fingerprint density at radius 1 is 1.25 bits per heavy atom. The van der Waals surface area contributed by atoms with Crippen LogP contribution in [0, 0.1) is 5.92 Å². The van der Waals surface area contributed by atoms with Gasteiger partial charge in [-0.15, -0.1) is 0 Å². The van der Waals surface area contributed by atoms with E-state index in [1.165, 1.54) is 57.8 Å². The minimum absolute atomic E-state index is 0.300. The number of hydrogen-bond donors (Lipinski definition) is 1. The van der Waals surface area contributed by atoms with E-state index >= 15 is 0 Å². The fraction of sp³-hybridized carbons (Fsp3) is 1.00. The molecule has 2 fully saturated rings. The predicted octanol–water partition coefficient (Wildman–Crippen LogP) is 3.24. The third-order valence-electron chi connectivity index (χ3n) is 4.49. The molecule has 1 spiro atoms. The third-order valence-corrected chi connectivity index (χ3v) is 4.49. The van der Waals surface area contributed by atoms with Crippen LogP contribution in [0.2, 0.25) is 0 Å². The summed E-state index contributed by atoms with van der Waals surface area (Å²) in [4.78, 5) is 0. The normalized spacial score (nSPS) is 30.8. The molecule has 1 heterocycles. The van der Waals surface area contributed by atoms with E-state index in [2.05, 4.69) is 6.92 Å². The van der Waals surface area contributed by atoms with Crippen molar-refractivity contribution in [3.8, 4) is 0 Å². The van der Waals surface area contributed by atoms with Gasteiger partial charge in [-0.1, -0.05) is 26.2 Å². The van der Waals surface area contributed by atoms with E-state index in [4.69, 9.17) is 10.5 Å². The molecule has 94 valence electrons. The summed E-state index contributed by atoms with van der Waals surface area (Å²) in [6.07, 6.45) is 12.4. The summed E-state index contributed by atoms with van der Waals surface area (Å²) in [5.41, 5.74) is 5.95. The minimum Gasteiger partial charge on any atom is -0.372 e. The van der Waals surface area contributed by atoms with Crippen LogP contribution in [0.15, 0.2) is 0 Å². The smallest absolute Gasteiger partial charge is 0.0687 e. The Hall–Kier alpha value is -0.0800. The van der Waals surface area contributed by atoms with Crippen molar-refractivity contribution in [1.82, 2.24) is 0 Å². The Labute approximate surface area is 99.9 Å². The van der Waals surface area contributed by atoms with Gasteiger partial charge in [0.05, 0.1) is 11.7 Å². The second kappa shape index (κ2) is 5.50. The molecule has 1 saturated heterocycles. The standard InChI is InChI=1S/C14H27NO/c1-12(11-15)5-6-13-7-10-14(16-13)8-3-2-4-9-14/h12-13H,2-11,15H2,1H3. The molecule has 2 nitrogen and oxygen atoms in total.